The topological polar surface area (TPSA) is 114 Å². The number of aryl methyl sites for hydroxylation is 1. The van der Waals surface area contributed by atoms with Crippen LogP contribution >= 0.6 is 0 Å². The molecule has 0 bridgehead atoms. The third-order valence-electron chi connectivity index (χ3n) is 8.01. The maximum absolute atomic E-state index is 13.8. The average molecular weight is 798 g/mol. The van der Waals surface area contributed by atoms with Gasteiger partial charge in [-0.2, -0.15) is 0 Å². The zero-order chi connectivity index (χ0) is 35.6. The Bertz CT molecular complexity index is 1920. The van der Waals surface area contributed by atoms with Gasteiger partial charge in [0.1, 0.15) is 0 Å². The summed E-state index contributed by atoms with van der Waals surface area (Å²) in [6, 6.07) is 41.4. The molecule has 258 valence electrons. The Morgan fingerprint density at radius 2 is 0.902 bits per heavy atom. The van der Waals surface area contributed by atoms with Crippen LogP contribution in [0.4, 0.5) is 0 Å². The maximum atomic E-state index is 13.8. The van der Waals surface area contributed by atoms with Crippen molar-refractivity contribution < 1.29 is 42.9 Å². The molecule has 1 aliphatic heterocycles. The fraction of sp³-hybridized carbons (Fsp3) is 0.171. The van der Waals surface area contributed by atoms with Gasteiger partial charge in [0.25, 0.3) is 0 Å². The Labute approximate surface area is 305 Å². The molecule has 9 nitrogen and oxygen atoms in total. The minimum absolute atomic E-state index is 0.235. The molecule has 0 spiro atoms. The first-order chi connectivity index (χ1) is 24.9. The van der Waals surface area contributed by atoms with Gasteiger partial charge in [0.05, 0.1) is 0 Å². The number of carbonyl (C=O) groups is 4. The van der Waals surface area contributed by atoms with E-state index in [2.05, 4.69) is 0 Å². The SMILES string of the molecule is Cc1ccc([Te][C@@H]2O[C@H](COC(=O)c3ccccc3)[C@@H](OC(=O)c3ccccc3)[C@H](OC(=O)c3ccccc3)[C@H]2OC(=O)c2ccccc2)cc1. The fourth-order valence-corrected chi connectivity index (χ4v) is 8.52. The zero-order valence-electron chi connectivity index (χ0n) is 27.5. The Balaban J connectivity index is 1.41. The Morgan fingerprint density at radius 1 is 0.510 bits per heavy atom. The van der Waals surface area contributed by atoms with Crippen molar-refractivity contribution in [1.29, 1.82) is 0 Å². The molecule has 6 rings (SSSR count). The second-order valence-electron chi connectivity index (χ2n) is 11.6. The number of rotatable bonds is 11. The van der Waals surface area contributed by atoms with E-state index in [1.165, 1.54) is 0 Å². The van der Waals surface area contributed by atoms with E-state index in [-0.39, 0.29) is 23.3 Å². The quantitative estimate of drug-likeness (QED) is 0.0960. The molecule has 0 radical (unpaired) electrons. The van der Waals surface area contributed by atoms with Crippen molar-refractivity contribution >= 4 is 48.4 Å². The second kappa shape index (κ2) is 17.1. The summed E-state index contributed by atoms with van der Waals surface area (Å²) < 4.78 is 31.0. The van der Waals surface area contributed by atoms with Gasteiger partial charge in [0, 0.05) is 0 Å². The first-order valence-corrected chi connectivity index (χ1v) is 18.8. The van der Waals surface area contributed by atoms with Crippen LogP contribution in [0.1, 0.15) is 47.0 Å². The van der Waals surface area contributed by atoms with Crippen LogP contribution in [-0.4, -0.2) is 80.0 Å². The summed E-state index contributed by atoms with van der Waals surface area (Å²) in [7, 11) is 0. The molecule has 1 fully saturated rings. The van der Waals surface area contributed by atoms with Gasteiger partial charge >= 0.3 is 307 Å². The van der Waals surface area contributed by atoms with Gasteiger partial charge in [-0.1, -0.05) is 0 Å². The minimum atomic E-state index is -1.36. The normalized spacial score (nSPS) is 19.7. The van der Waals surface area contributed by atoms with E-state index in [1.807, 2.05) is 31.2 Å². The molecule has 51 heavy (non-hydrogen) atoms. The van der Waals surface area contributed by atoms with Gasteiger partial charge in [-0.3, -0.25) is 0 Å². The Morgan fingerprint density at radius 3 is 1.35 bits per heavy atom. The summed E-state index contributed by atoms with van der Waals surface area (Å²) in [6.07, 6.45) is -5.02. The van der Waals surface area contributed by atoms with E-state index in [4.69, 9.17) is 23.7 Å². The fourth-order valence-electron chi connectivity index (χ4n) is 5.37. The molecular weight excluding hydrogens is 764 g/mol. The van der Waals surface area contributed by atoms with Gasteiger partial charge in [-0.25, -0.2) is 0 Å². The van der Waals surface area contributed by atoms with Crippen molar-refractivity contribution in [2.75, 3.05) is 6.61 Å². The van der Waals surface area contributed by atoms with E-state index in [9.17, 15) is 19.2 Å². The molecule has 10 heteroatoms. The summed E-state index contributed by atoms with van der Waals surface area (Å²) in [5.41, 5.74) is 2.13. The standard InChI is InChI=1S/C41H34O9Te/c1-27-22-24-32(25-23-27)51-41-36(50-40(45)31-20-12-5-13-21-31)35(49-39(44)30-18-10-4-11-19-30)34(48-38(43)29-16-8-3-9-17-29)33(47-41)26-46-37(42)28-14-6-2-7-15-28/h2-25,33-36,41H,26H2,1H3/t33-,34-,35+,36-,41+/m1/s1. The molecule has 1 heterocycles. The first kappa shape index (κ1) is 35.6. The average Bonchev–Trinajstić information content (AvgIpc) is 3.18. The molecular formula is C41H34O9Te. The van der Waals surface area contributed by atoms with Crippen molar-refractivity contribution in [3.63, 3.8) is 0 Å². The number of hydrogen-bond donors (Lipinski definition) is 0. The monoisotopic (exact) mass is 800 g/mol. The molecule has 0 aromatic heterocycles. The molecule has 0 saturated carbocycles. The predicted molar refractivity (Wildman–Crippen MR) is 189 cm³/mol. The summed E-state index contributed by atoms with van der Waals surface area (Å²) in [5, 5.41) is 0. The van der Waals surface area contributed by atoms with Crippen molar-refractivity contribution in [1.82, 2.24) is 0 Å². The van der Waals surface area contributed by atoms with Gasteiger partial charge in [0.2, 0.25) is 0 Å². The van der Waals surface area contributed by atoms with Crippen LogP contribution in [0.2, 0.25) is 0 Å². The third-order valence-corrected chi connectivity index (χ3v) is 11.3. The van der Waals surface area contributed by atoms with E-state index >= 15 is 0 Å². The number of carbonyl (C=O) groups excluding carboxylic acids is 4. The molecule has 1 saturated heterocycles. The van der Waals surface area contributed by atoms with E-state index in [1.54, 1.807) is 121 Å². The van der Waals surface area contributed by atoms with Gasteiger partial charge in [-0.15, -0.1) is 0 Å². The van der Waals surface area contributed by atoms with Crippen molar-refractivity contribution in [2.45, 2.75) is 35.5 Å². The summed E-state index contributed by atoms with van der Waals surface area (Å²) >= 11 is -1.36. The van der Waals surface area contributed by atoms with Gasteiger partial charge in [0.15, 0.2) is 0 Å². The van der Waals surface area contributed by atoms with Crippen molar-refractivity contribution in [3.8, 4) is 0 Å². The van der Waals surface area contributed by atoms with Gasteiger partial charge in [-0.05, 0) is 0 Å². The van der Waals surface area contributed by atoms with Crippen LogP contribution in [0.15, 0.2) is 146 Å². The molecule has 5 aromatic rings. The molecule has 0 unspecified atom stereocenters. The molecule has 1 aliphatic rings. The van der Waals surface area contributed by atoms with E-state index in [0.29, 0.717) is 5.56 Å². The molecule has 5 atom stereocenters. The van der Waals surface area contributed by atoms with E-state index in [0.717, 1.165) is 9.17 Å². The van der Waals surface area contributed by atoms with Gasteiger partial charge < -0.3 is 0 Å². The Kier molecular flexibility index (Phi) is 11.9. The summed E-state index contributed by atoms with van der Waals surface area (Å²) in [4.78, 5) is 54.2. The number of ether oxygens (including phenoxy) is 5. The number of esters is 4. The van der Waals surface area contributed by atoms with Crippen LogP contribution in [-0.2, 0) is 23.7 Å². The number of benzene rings is 5. The van der Waals surface area contributed by atoms with E-state index < -0.39 is 73.4 Å². The van der Waals surface area contributed by atoms with Crippen LogP contribution in [0.25, 0.3) is 0 Å². The van der Waals surface area contributed by atoms with Crippen LogP contribution in [0.5, 0.6) is 0 Å². The molecule has 0 aliphatic carbocycles. The Hall–Kier alpha value is -5.27. The van der Waals surface area contributed by atoms with Crippen molar-refractivity contribution in [3.05, 3.63) is 173 Å². The third kappa shape index (κ3) is 9.30. The summed E-state index contributed by atoms with van der Waals surface area (Å²) in [6.45, 7) is 1.63. The van der Waals surface area contributed by atoms with Crippen LogP contribution in [0, 0.1) is 6.92 Å². The van der Waals surface area contributed by atoms with Crippen molar-refractivity contribution in [2.24, 2.45) is 0 Å². The predicted octanol–water partition coefficient (Wildman–Crippen LogP) is 5.58. The molecule has 5 aromatic carbocycles. The zero-order valence-corrected chi connectivity index (χ0v) is 29.9. The van der Waals surface area contributed by atoms with Crippen LogP contribution < -0.4 is 3.61 Å². The molecule has 0 N–H and O–H groups in total. The second-order valence-corrected chi connectivity index (χ2v) is 15.0. The number of hydrogen-bond acceptors (Lipinski definition) is 9. The summed E-state index contributed by atoms with van der Waals surface area (Å²) in [5.74, 6) is -2.74. The first-order valence-electron chi connectivity index (χ1n) is 16.2. The molecule has 0 amide bonds. The van der Waals surface area contributed by atoms with Crippen LogP contribution in [0.3, 0.4) is 0 Å².